The predicted molar refractivity (Wildman–Crippen MR) is 66.0 cm³/mol. The Balaban J connectivity index is 2.32. The van der Waals surface area contributed by atoms with Gasteiger partial charge >= 0.3 is 0 Å². The maximum atomic E-state index is 5.50. The second-order valence-electron chi connectivity index (χ2n) is 4.17. The Morgan fingerprint density at radius 3 is 2.76 bits per heavy atom. The van der Waals surface area contributed by atoms with E-state index in [0.717, 1.165) is 24.4 Å². The molecule has 2 aromatic rings. The predicted octanol–water partition coefficient (Wildman–Crippen LogP) is 1.17. The lowest BCUT2D eigenvalue weighted by Crippen LogP contribution is -2.07. The normalized spacial score (nSPS) is 10.8. The van der Waals surface area contributed by atoms with Gasteiger partial charge in [0.25, 0.3) is 0 Å². The number of hydrogen-bond donors (Lipinski definition) is 1. The van der Waals surface area contributed by atoms with E-state index in [2.05, 4.69) is 41.5 Å². The summed E-state index contributed by atoms with van der Waals surface area (Å²) in [6.07, 6.45) is 1.70. The van der Waals surface area contributed by atoms with Gasteiger partial charge in [-0.3, -0.25) is 0 Å². The smallest absolute Gasteiger partial charge is 0.156 e. The summed E-state index contributed by atoms with van der Waals surface area (Å²) >= 11 is 0. The largest absolute Gasteiger partial charge is 0.330 e. The van der Waals surface area contributed by atoms with Gasteiger partial charge in [0, 0.05) is 6.42 Å². The SMILES string of the molecule is Cc1ccc(-n2nnnc2CCCN)cc1C. The summed E-state index contributed by atoms with van der Waals surface area (Å²) in [5, 5.41) is 11.8. The van der Waals surface area contributed by atoms with Crippen molar-refractivity contribution in [1.29, 1.82) is 0 Å². The van der Waals surface area contributed by atoms with E-state index in [1.54, 1.807) is 4.68 Å². The summed E-state index contributed by atoms with van der Waals surface area (Å²) in [5.41, 5.74) is 9.01. The molecule has 17 heavy (non-hydrogen) atoms. The molecule has 2 rings (SSSR count). The van der Waals surface area contributed by atoms with E-state index in [-0.39, 0.29) is 0 Å². The minimum atomic E-state index is 0.653. The highest BCUT2D eigenvalue weighted by atomic mass is 15.5. The molecule has 0 aliphatic rings. The molecule has 0 unspecified atom stereocenters. The molecule has 0 saturated carbocycles. The molecular weight excluding hydrogens is 214 g/mol. The number of benzene rings is 1. The van der Waals surface area contributed by atoms with E-state index < -0.39 is 0 Å². The summed E-state index contributed by atoms with van der Waals surface area (Å²) in [4.78, 5) is 0. The van der Waals surface area contributed by atoms with Gasteiger partial charge in [-0.25, -0.2) is 0 Å². The summed E-state index contributed by atoms with van der Waals surface area (Å²) in [6, 6.07) is 6.21. The van der Waals surface area contributed by atoms with Gasteiger partial charge < -0.3 is 5.73 Å². The summed E-state index contributed by atoms with van der Waals surface area (Å²) in [6.45, 7) is 4.83. The number of aryl methyl sites for hydroxylation is 3. The Bertz CT molecular complexity index is 503. The molecule has 1 heterocycles. The maximum Gasteiger partial charge on any atom is 0.156 e. The van der Waals surface area contributed by atoms with Crippen LogP contribution in [0.3, 0.4) is 0 Å². The Kier molecular flexibility index (Phi) is 3.49. The van der Waals surface area contributed by atoms with Crippen LogP contribution in [0.5, 0.6) is 0 Å². The maximum absolute atomic E-state index is 5.50. The molecule has 0 fully saturated rings. The Labute approximate surface area is 101 Å². The number of tetrazole rings is 1. The lowest BCUT2D eigenvalue weighted by molar-refractivity contribution is 0.726. The molecule has 90 valence electrons. The quantitative estimate of drug-likeness (QED) is 0.857. The molecule has 0 aliphatic carbocycles. The molecule has 0 amide bonds. The van der Waals surface area contributed by atoms with Gasteiger partial charge in [-0.05, 0) is 60.5 Å². The zero-order chi connectivity index (χ0) is 12.3. The average Bonchev–Trinajstić information content (AvgIpc) is 2.78. The third-order valence-electron chi connectivity index (χ3n) is 2.87. The van der Waals surface area contributed by atoms with Gasteiger partial charge in [0.05, 0.1) is 5.69 Å². The molecule has 5 heteroatoms. The van der Waals surface area contributed by atoms with Crippen molar-refractivity contribution < 1.29 is 0 Å². The fourth-order valence-electron chi connectivity index (χ4n) is 1.68. The monoisotopic (exact) mass is 231 g/mol. The van der Waals surface area contributed by atoms with Crippen LogP contribution >= 0.6 is 0 Å². The van der Waals surface area contributed by atoms with Crippen LogP contribution < -0.4 is 5.73 Å². The van der Waals surface area contributed by atoms with Crippen LogP contribution in [0.1, 0.15) is 23.4 Å². The number of rotatable bonds is 4. The van der Waals surface area contributed by atoms with Gasteiger partial charge in [-0.15, -0.1) is 5.10 Å². The molecule has 0 saturated heterocycles. The molecular formula is C12H17N5. The minimum Gasteiger partial charge on any atom is -0.330 e. The topological polar surface area (TPSA) is 69.6 Å². The van der Waals surface area contributed by atoms with Crippen molar-refractivity contribution in [2.45, 2.75) is 26.7 Å². The fourth-order valence-corrected chi connectivity index (χ4v) is 1.68. The second-order valence-corrected chi connectivity index (χ2v) is 4.17. The molecule has 0 radical (unpaired) electrons. The van der Waals surface area contributed by atoms with Crippen LogP contribution in [0, 0.1) is 13.8 Å². The van der Waals surface area contributed by atoms with Gasteiger partial charge in [0.2, 0.25) is 0 Å². The Morgan fingerprint density at radius 1 is 1.24 bits per heavy atom. The molecule has 0 aliphatic heterocycles. The highest BCUT2D eigenvalue weighted by Gasteiger charge is 2.08. The van der Waals surface area contributed by atoms with E-state index >= 15 is 0 Å². The van der Waals surface area contributed by atoms with Crippen LogP contribution in [-0.4, -0.2) is 26.8 Å². The second kappa shape index (κ2) is 5.05. The zero-order valence-electron chi connectivity index (χ0n) is 10.2. The van der Waals surface area contributed by atoms with Gasteiger partial charge in [-0.1, -0.05) is 6.07 Å². The van der Waals surface area contributed by atoms with Crippen LogP contribution in [-0.2, 0) is 6.42 Å². The summed E-state index contributed by atoms with van der Waals surface area (Å²) in [5.74, 6) is 0.860. The third kappa shape index (κ3) is 2.50. The standard InChI is InChI=1S/C12H17N5/c1-9-5-6-11(8-10(9)2)17-12(4-3-7-13)14-15-16-17/h5-6,8H,3-4,7,13H2,1-2H3. The van der Waals surface area contributed by atoms with Crippen molar-refractivity contribution in [2.75, 3.05) is 6.54 Å². The van der Waals surface area contributed by atoms with Gasteiger partial charge in [0.1, 0.15) is 0 Å². The van der Waals surface area contributed by atoms with Crippen molar-refractivity contribution in [3.63, 3.8) is 0 Å². The van der Waals surface area contributed by atoms with Crippen molar-refractivity contribution in [1.82, 2.24) is 20.2 Å². The van der Waals surface area contributed by atoms with Crippen LogP contribution in [0.15, 0.2) is 18.2 Å². The molecule has 2 N–H and O–H groups in total. The Hall–Kier alpha value is -1.75. The van der Waals surface area contributed by atoms with Crippen molar-refractivity contribution in [2.24, 2.45) is 5.73 Å². The first-order valence-electron chi connectivity index (χ1n) is 5.77. The molecule has 0 spiro atoms. The molecule has 0 bridgehead atoms. The van der Waals surface area contributed by atoms with Crippen LogP contribution in [0.25, 0.3) is 5.69 Å². The molecule has 1 aromatic carbocycles. The average molecular weight is 231 g/mol. The third-order valence-corrected chi connectivity index (χ3v) is 2.87. The first-order chi connectivity index (χ1) is 8.22. The van der Waals surface area contributed by atoms with E-state index in [1.807, 2.05) is 6.07 Å². The fraction of sp³-hybridized carbons (Fsp3) is 0.417. The molecule has 1 aromatic heterocycles. The van der Waals surface area contributed by atoms with Gasteiger partial charge in [-0.2, -0.15) is 4.68 Å². The van der Waals surface area contributed by atoms with E-state index in [4.69, 9.17) is 5.73 Å². The van der Waals surface area contributed by atoms with E-state index in [9.17, 15) is 0 Å². The number of nitrogens with two attached hydrogens (primary N) is 1. The molecule has 5 nitrogen and oxygen atoms in total. The summed E-state index contributed by atoms with van der Waals surface area (Å²) in [7, 11) is 0. The molecule has 0 atom stereocenters. The highest BCUT2D eigenvalue weighted by molar-refractivity contribution is 5.39. The summed E-state index contributed by atoms with van der Waals surface area (Å²) < 4.78 is 1.78. The van der Waals surface area contributed by atoms with Crippen molar-refractivity contribution in [3.8, 4) is 5.69 Å². The van der Waals surface area contributed by atoms with E-state index in [1.165, 1.54) is 11.1 Å². The minimum absolute atomic E-state index is 0.653. The van der Waals surface area contributed by atoms with Crippen molar-refractivity contribution >= 4 is 0 Å². The zero-order valence-corrected chi connectivity index (χ0v) is 10.2. The lowest BCUT2D eigenvalue weighted by Gasteiger charge is -2.06. The highest BCUT2D eigenvalue weighted by Crippen LogP contribution is 2.14. The van der Waals surface area contributed by atoms with Crippen LogP contribution in [0.2, 0.25) is 0 Å². The van der Waals surface area contributed by atoms with Gasteiger partial charge in [0.15, 0.2) is 5.82 Å². The number of hydrogen-bond acceptors (Lipinski definition) is 4. The number of nitrogens with zero attached hydrogens (tertiary/aromatic N) is 4. The van der Waals surface area contributed by atoms with E-state index in [0.29, 0.717) is 6.54 Å². The van der Waals surface area contributed by atoms with Crippen LogP contribution in [0.4, 0.5) is 0 Å². The first-order valence-corrected chi connectivity index (χ1v) is 5.77. The first kappa shape index (κ1) is 11.7. The Morgan fingerprint density at radius 2 is 2.06 bits per heavy atom. The lowest BCUT2D eigenvalue weighted by atomic mass is 10.1. The number of aromatic nitrogens is 4. The van der Waals surface area contributed by atoms with Crippen molar-refractivity contribution in [3.05, 3.63) is 35.2 Å².